The van der Waals surface area contributed by atoms with Gasteiger partial charge in [0, 0.05) is 11.8 Å². The van der Waals surface area contributed by atoms with E-state index < -0.39 is 23.0 Å². The quantitative estimate of drug-likeness (QED) is 0.221. The summed E-state index contributed by atoms with van der Waals surface area (Å²) in [5.41, 5.74) is 4.31. The van der Waals surface area contributed by atoms with E-state index in [0.29, 0.717) is 16.7 Å². The Labute approximate surface area is 186 Å². The minimum atomic E-state index is -3.77. The van der Waals surface area contributed by atoms with E-state index in [-0.39, 0.29) is 11.5 Å². The molecule has 3 rings (SSSR count). The molecule has 1 amide bonds. The lowest BCUT2D eigenvalue weighted by atomic mass is 9.80. The van der Waals surface area contributed by atoms with Gasteiger partial charge in [-0.1, -0.05) is 54.6 Å². The minimum absolute atomic E-state index is 0.0663. The van der Waals surface area contributed by atoms with Crippen LogP contribution in [0.1, 0.15) is 11.1 Å². The predicted molar refractivity (Wildman–Crippen MR) is 122 cm³/mol. The van der Waals surface area contributed by atoms with E-state index in [2.05, 4.69) is 10.2 Å². The molecule has 0 saturated heterocycles. The summed E-state index contributed by atoms with van der Waals surface area (Å²) in [6.45, 7) is 0.0836. The molecule has 0 atom stereocenters. The molecule has 0 heterocycles. The first-order valence-electron chi connectivity index (χ1n) is 9.56. The van der Waals surface area contributed by atoms with Crippen LogP contribution in [0.2, 0.25) is 0 Å². The molecule has 0 aliphatic heterocycles. The number of carbonyl (C=O) groups excluding carboxylic acids is 1. The van der Waals surface area contributed by atoms with Crippen molar-refractivity contribution in [2.24, 2.45) is 0 Å². The van der Waals surface area contributed by atoms with Gasteiger partial charge in [-0.05, 0) is 46.9 Å². The Morgan fingerprint density at radius 1 is 0.969 bits per heavy atom. The zero-order valence-electron chi connectivity index (χ0n) is 16.9. The molecule has 3 aromatic rings. The van der Waals surface area contributed by atoms with Gasteiger partial charge < -0.3 is 10.0 Å². The maximum Gasteiger partial charge on any atom is 0.488 e. The molecule has 164 valence electrons. The third kappa shape index (κ3) is 6.79. The average molecular weight is 452 g/mol. The Hall–Kier alpha value is -3.44. The highest BCUT2D eigenvalue weighted by molar-refractivity contribution is 7.92. The lowest BCUT2D eigenvalue weighted by molar-refractivity contribution is -0.129. The van der Waals surface area contributed by atoms with Crippen LogP contribution >= 0.6 is 0 Å². The molecule has 0 radical (unpaired) electrons. The number of rotatable bonds is 9. The Balaban J connectivity index is 1.55. The fourth-order valence-electron chi connectivity index (χ4n) is 2.69. The molecule has 0 unspecified atom stereocenters. The van der Waals surface area contributed by atoms with Crippen LogP contribution < -0.4 is 15.7 Å². The zero-order valence-corrected chi connectivity index (χ0v) is 17.7. The van der Waals surface area contributed by atoms with Gasteiger partial charge in [0.25, 0.3) is 15.9 Å². The van der Waals surface area contributed by atoms with Crippen LogP contribution in [0.15, 0.2) is 89.8 Å². The second-order valence-corrected chi connectivity index (χ2v) is 8.43. The van der Waals surface area contributed by atoms with Crippen molar-refractivity contribution in [3.05, 3.63) is 96.1 Å². The zero-order chi connectivity index (χ0) is 23.0. The minimum Gasteiger partial charge on any atom is -0.423 e. The molecule has 32 heavy (non-hydrogen) atoms. The maximum absolute atomic E-state index is 12.6. The van der Waals surface area contributed by atoms with E-state index in [9.17, 15) is 13.2 Å². The molecule has 10 heteroatoms. The number of nitrogens with one attached hydrogen (secondary N) is 2. The van der Waals surface area contributed by atoms with Gasteiger partial charge in [-0.2, -0.15) is 0 Å². The van der Waals surface area contributed by atoms with Crippen molar-refractivity contribution in [2.45, 2.75) is 11.5 Å². The number of sulfonamides is 1. The molecule has 0 fully saturated rings. The van der Waals surface area contributed by atoms with Crippen LogP contribution in [-0.4, -0.2) is 31.5 Å². The summed E-state index contributed by atoms with van der Waals surface area (Å²) < 4.78 is 27.6. The summed E-state index contributed by atoms with van der Waals surface area (Å²) >= 11 is 0. The van der Waals surface area contributed by atoms with Gasteiger partial charge in [0.05, 0.1) is 11.5 Å². The van der Waals surface area contributed by atoms with Crippen LogP contribution in [0, 0.1) is 0 Å². The van der Waals surface area contributed by atoms with Gasteiger partial charge in [0.15, 0.2) is 0 Å². The highest BCUT2D eigenvalue weighted by Gasteiger charge is 2.14. The SMILES string of the molecule is O=C(/C=C/c1cccc(S(=O)(=O)Nc2ccccc2)c1)NOCc1ccc(B(O)O)cc1. The number of hydrogen-bond acceptors (Lipinski definition) is 6. The van der Waals surface area contributed by atoms with Gasteiger partial charge in [0.1, 0.15) is 0 Å². The lowest BCUT2D eigenvalue weighted by Crippen LogP contribution is -2.29. The molecule has 8 nitrogen and oxygen atoms in total. The first-order chi connectivity index (χ1) is 15.3. The van der Waals surface area contributed by atoms with Crippen LogP contribution in [0.3, 0.4) is 0 Å². The Morgan fingerprint density at radius 3 is 2.38 bits per heavy atom. The number of para-hydroxylation sites is 1. The summed E-state index contributed by atoms with van der Waals surface area (Å²) in [5, 5.41) is 18.1. The fraction of sp³-hybridized carbons (Fsp3) is 0.0455. The molecule has 4 N–H and O–H groups in total. The third-order valence-corrected chi connectivity index (χ3v) is 5.69. The van der Waals surface area contributed by atoms with Gasteiger partial charge >= 0.3 is 7.12 Å². The Kier molecular flexibility index (Phi) is 7.80. The highest BCUT2D eigenvalue weighted by atomic mass is 32.2. The number of anilines is 1. The molecule has 0 aromatic heterocycles. The van der Waals surface area contributed by atoms with Crippen LogP contribution in [-0.2, 0) is 26.3 Å². The van der Waals surface area contributed by atoms with Crippen molar-refractivity contribution in [2.75, 3.05) is 4.72 Å². The van der Waals surface area contributed by atoms with E-state index >= 15 is 0 Å². The fourth-order valence-corrected chi connectivity index (χ4v) is 3.80. The van der Waals surface area contributed by atoms with Crippen molar-refractivity contribution < 1.29 is 28.1 Å². The maximum atomic E-state index is 12.6. The molecule has 0 spiro atoms. The van der Waals surface area contributed by atoms with Gasteiger partial charge in [-0.3, -0.25) is 14.4 Å². The van der Waals surface area contributed by atoms with E-state index in [4.69, 9.17) is 14.9 Å². The molecule has 0 aliphatic carbocycles. The van der Waals surface area contributed by atoms with E-state index in [0.717, 1.165) is 5.56 Å². The van der Waals surface area contributed by atoms with Crippen molar-refractivity contribution in [1.82, 2.24) is 5.48 Å². The number of hydroxylamine groups is 1. The largest absolute Gasteiger partial charge is 0.488 e. The van der Waals surface area contributed by atoms with Gasteiger partial charge in [-0.15, -0.1) is 0 Å². The molecule has 0 aliphatic rings. The summed E-state index contributed by atoms with van der Waals surface area (Å²) in [7, 11) is -5.31. The summed E-state index contributed by atoms with van der Waals surface area (Å²) in [4.78, 5) is 17.2. The van der Waals surface area contributed by atoms with Crippen molar-refractivity contribution >= 4 is 40.3 Å². The lowest BCUT2D eigenvalue weighted by Gasteiger charge is -2.08. The molecule has 0 bridgehead atoms. The second kappa shape index (κ2) is 10.7. The Morgan fingerprint density at radius 2 is 1.69 bits per heavy atom. The van der Waals surface area contributed by atoms with Gasteiger partial charge in [-0.25, -0.2) is 13.9 Å². The second-order valence-electron chi connectivity index (χ2n) is 6.75. The predicted octanol–water partition coefficient (Wildman–Crippen LogP) is 1.43. The van der Waals surface area contributed by atoms with E-state index in [1.165, 1.54) is 24.3 Å². The molecule has 0 saturated carbocycles. The summed E-state index contributed by atoms with van der Waals surface area (Å²) in [6.07, 6.45) is 2.69. The van der Waals surface area contributed by atoms with Crippen molar-refractivity contribution in [1.29, 1.82) is 0 Å². The molecular formula is C22H21BN2O6S. The molecular weight excluding hydrogens is 431 g/mol. The monoisotopic (exact) mass is 452 g/mol. The first-order valence-corrected chi connectivity index (χ1v) is 11.0. The van der Waals surface area contributed by atoms with E-state index in [1.807, 2.05) is 0 Å². The average Bonchev–Trinajstić information content (AvgIpc) is 2.79. The number of amides is 1. The van der Waals surface area contributed by atoms with Crippen molar-refractivity contribution in [3.63, 3.8) is 0 Å². The smallest absolute Gasteiger partial charge is 0.423 e. The third-order valence-electron chi connectivity index (χ3n) is 4.31. The normalized spacial score (nSPS) is 11.3. The standard InChI is InChI=1S/C22H21BN2O6S/c26-22(24-31-16-18-9-12-19(13-10-18)23(27)28)14-11-17-5-4-8-21(15-17)32(29,30)25-20-6-2-1-3-7-20/h1-15,25,27-28H,16H2,(H,24,26)/b14-11+. The van der Waals surface area contributed by atoms with Crippen molar-refractivity contribution in [3.8, 4) is 0 Å². The van der Waals surface area contributed by atoms with Gasteiger partial charge in [0.2, 0.25) is 0 Å². The number of carbonyl (C=O) groups is 1. The first kappa shape index (κ1) is 23.2. The summed E-state index contributed by atoms with van der Waals surface area (Å²) in [5.74, 6) is -0.525. The Bertz CT molecular complexity index is 1180. The van der Waals surface area contributed by atoms with Crippen LogP contribution in [0.4, 0.5) is 5.69 Å². The topological polar surface area (TPSA) is 125 Å². The van der Waals surface area contributed by atoms with E-state index in [1.54, 1.807) is 66.7 Å². The number of benzene rings is 3. The van der Waals surface area contributed by atoms with Crippen LogP contribution in [0.5, 0.6) is 0 Å². The van der Waals surface area contributed by atoms with Crippen LogP contribution in [0.25, 0.3) is 6.08 Å². The number of hydrogen-bond donors (Lipinski definition) is 4. The molecule has 3 aromatic carbocycles. The highest BCUT2D eigenvalue weighted by Crippen LogP contribution is 2.17. The summed E-state index contributed by atoms with van der Waals surface area (Å²) in [6, 6.07) is 21.1.